The van der Waals surface area contributed by atoms with Gasteiger partial charge in [-0.25, -0.2) is 14.1 Å². The van der Waals surface area contributed by atoms with Gasteiger partial charge in [-0.1, -0.05) is 54.6 Å². The van der Waals surface area contributed by atoms with Crippen molar-refractivity contribution in [1.82, 2.24) is 14.8 Å². The second kappa shape index (κ2) is 9.72. The molecule has 1 aliphatic rings. The standard InChI is InChI=1S/C27H22FN5O2/c1-35-22-14-10-20(11-15-22)24-17-23(19-5-3-2-4-6-19)29-27-31-26(32-33(24)27)30-25(34)16-9-18-7-12-21(28)13-8-18/h2-16,24H,17H2,1H3,(H,30,32,34)/b16-9+. The van der Waals surface area contributed by atoms with E-state index in [1.165, 1.54) is 18.2 Å². The number of methoxy groups -OCH3 is 1. The lowest BCUT2D eigenvalue weighted by Gasteiger charge is -2.23. The fraction of sp³-hybridized carbons (Fsp3) is 0.111. The molecule has 1 aliphatic heterocycles. The normalized spacial score (nSPS) is 14.9. The Morgan fingerprint density at radius 2 is 1.80 bits per heavy atom. The summed E-state index contributed by atoms with van der Waals surface area (Å²) >= 11 is 0. The van der Waals surface area contributed by atoms with Crippen molar-refractivity contribution in [2.75, 3.05) is 12.4 Å². The van der Waals surface area contributed by atoms with Gasteiger partial charge in [0, 0.05) is 12.5 Å². The maximum Gasteiger partial charge on any atom is 0.250 e. The Morgan fingerprint density at radius 1 is 1.06 bits per heavy atom. The van der Waals surface area contributed by atoms with E-state index in [0.29, 0.717) is 17.9 Å². The highest BCUT2D eigenvalue weighted by molar-refractivity contribution is 6.03. The van der Waals surface area contributed by atoms with Crippen molar-refractivity contribution >= 4 is 29.6 Å². The summed E-state index contributed by atoms with van der Waals surface area (Å²) in [6, 6.07) is 23.4. The molecule has 1 N–H and O–H groups in total. The van der Waals surface area contributed by atoms with Crippen LogP contribution in [0.2, 0.25) is 0 Å². The van der Waals surface area contributed by atoms with E-state index < -0.39 is 5.91 Å². The van der Waals surface area contributed by atoms with Crippen molar-refractivity contribution in [3.05, 3.63) is 107 Å². The van der Waals surface area contributed by atoms with Crippen molar-refractivity contribution in [3.8, 4) is 5.75 Å². The van der Waals surface area contributed by atoms with Crippen LogP contribution in [-0.4, -0.2) is 33.5 Å². The van der Waals surface area contributed by atoms with E-state index in [4.69, 9.17) is 9.73 Å². The number of benzene rings is 3. The third-order valence-corrected chi connectivity index (χ3v) is 5.67. The predicted octanol–water partition coefficient (Wildman–Crippen LogP) is 5.19. The van der Waals surface area contributed by atoms with Crippen LogP contribution in [0, 0.1) is 5.82 Å². The summed E-state index contributed by atoms with van der Waals surface area (Å²) in [6.45, 7) is 0. The Kier molecular flexibility index (Phi) is 6.17. The first kappa shape index (κ1) is 22.2. The van der Waals surface area contributed by atoms with Gasteiger partial charge in [-0.15, -0.1) is 5.10 Å². The van der Waals surface area contributed by atoms with E-state index in [2.05, 4.69) is 15.4 Å². The van der Waals surface area contributed by atoms with Crippen LogP contribution >= 0.6 is 0 Å². The average molecular weight is 468 g/mol. The van der Waals surface area contributed by atoms with Gasteiger partial charge in [-0.2, -0.15) is 4.98 Å². The topological polar surface area (TPSA) is 81.4 Å². The fourth-order valence-electron chi connectivity index (χ4n) is 3.89. The van der Waals surface area contributed by atoms with Crippen LogP contribution in [0.4, 0.5) is 16.3 Å². The molecule has 174 valence electrons. The molecule has 1 unspecified atom stereocenters. The molecule has 3 aromatic carbocycles. The van der Waals surface area contributed by atoms with Crippen LogP contribution in [0.15, 0.2) is 89.9 Å². The number of nitrogens with zero attached hydrogens (tertiary/aromatic N) is 4. The fourth-order valence-corrected chi connectivity index (χ4v) is 3.89. The molecule has 0 fully saturated rings. The number of fused-ring (bicyclic) bond motifs is 1. The monoisotopic (exact) mass is 467 g/mol. The molecule has 8 heteroatoms. The predicted molar refractivity (Wildman–Crippen MR) is 132 cm³/mol. The van der Waals surface area contributed by atoms with E-state index in [9.17, 15) is 9.18 Å². The van der Waals surface area contributed by atoms with Crippen molar-refractivity contribution in [1.29, 1.82) is 0 Å². The Bertz CT molecular complexity index is 1390. The third-order valence-electron chi connectivity index (χ3n) is 5.67. The zero-order chi connectivity index (χ0) is 24.2. The van der Waals surface area contributed by atoms with Gasteiger partial charge in [-0.05, 0) is 47.0 Å². The number of amides is 1. The second-order valence-corrected chi connectivity index (χ2v) is 7.97. The highest BCUT2D eigenvalue weighted by atomic mass is 19.1. The van der Waals surface area contributed by atoms with Crippen LogP contribution < -0.4 is 10.1 Å². The lowest BCUT2D eigenvalue weighted by molar-refractivity contribution is -0.111. The number of carbonyl (C=O) groups is 1. The van der Waals surface area contributed by atoms with E-state index in [-0.39, 0.29) is 17.8 Å². The van der Waals surface area contributed by atoms with Crippen LogP contribution in [0.25, 0.3) is 6.08 Å². The highest BCUT2D eigenvalue weighted by Gasteiger charge is 2.28. The summed E-state index contributed by atoms with van der Waals surface area (Å²) in [6.07, 6.45) is 3.56. The summed E-state index contributed by atoms with van der Waals surface area (Å²) < 4.78 is 20.1. The minimum absolute atomic E-state index is 0.156. The molecule has 35 heavy (non-hydrogen) atoms. The van der Waals surface area contributed by atoms with Crippen LogP contribution in [-0.2, 0) is 4.79 Å². The minimum Gasteiger partial charge on any atom is -0.497 e. The minimum atomic E-state index is -0.398. The van der Waals surface area contributed by atoms with E-state index in [0.717, 1.165) is 22.6 Å². The highest BCUT2D eigenvalue weighted by Crippen LogP contribution is 2.34. The molecular formula is C27H22FN5O2. The number of carbonyl (C=O) groups excluding carboxylic acids is 1. The zero-order valence-corrected chi connectivity index (χ0v) is 18.9. The molecule has 7 nitrogen and oxygen atoms in total. The molecule has 1 amide bonds. The summed E-state index contributed by atoms with van der Waals surface area (Å²) in [5, 5.41) is 7.23. The maximum absolute atomic E-state index is 13.1. The van der Waals surface area contributed by atoms with E-state index >= 15 is 0 Å². The maximum atomic E-state index is 13.1. The van der Waals surface area contributed by atoms with Crippen molar-refractivity contribution in [3.63, 3.8) is 0 Å². The molecule has 0 aliphatic carbocycles. The number of rotatable bonds is 6. The molecule has 2 heterocycles. The first-order chi connectivity index (χ1) is 17.1. The van der Waals surface area contributed by atoms with Gasteiger partial charge in [0.25, 0.3) is 17.8 Å². The molecule has 0 bridgehead atoms. The molecule has 1 aromatic heterocycles. The quantitative estimate of drug-likeness (QED) is 0.396. The van der Waals surface area contributed by atoms with Gasteiger partial charge in [0.2, 0.25) is 0 Å². The van der Waals surface area contributed by atoms with Crippen molar-refractivity contribution < 1.29 is 13.9 Å². The van der Waals surface area contributed by atoms with Gasteiger partial charge in [-0.3, -0.25) is 10.1 Å². The van der Waals surface area contributed by atoms with Gasteiger partial charge < -0.3 is 4.74 Å². The molecule has 0 spiro atoms. The lowest BCUT2D eigenvalue weighted by Crippen LogP contribution is -2.21. The Hall–Kier alpha value is -4.59. The number of hydrogen-bond acceptors (Lipinski definition) is 5. The van der Waals surface area contributed by atoms with Crippen LogP contribution in [0.5, 0.6) is 5.75 Å². The van der Waals surface area contributed by atoms with Crippen LogP contribution in [0.1, 0.15) is 29.2 Å². The zero-order valence-electron chi connectivity index (χ0n) is 18.9. The number of halogens is 1. The van der Waals surface area contributed by atoms with Crippen LogP contribution in [0.3, 0.4) is 0 Å². The number of aromatic nitrogens is 3. The Morgan fingerprint density at radius 3 is 2.51 bits per heavy atom. The van der Waals surface area contributed by atoms with Gasteiger partial charge in [0.05, 0.1) is 18.9 Å². The summed E-state index contributed by atoms with van der Waals surface area (Å²) in [5.74, 6) is 0.604. The lowest BCUT2D eigenvalue weighted by atomic mass is 9.96. The van der Waals surface area contributed by atoms with E-state index in [1.807, 2.05) is 54.6 Å². The van der Waals surface area contributed by atoms with Crippen molar-refractivity contribution in [2.45, 2.75) is 12.5 Å². The molecule has 4 aromatic rings. The number of nitrogens with one attached hydrogen (secondary N) is 1. The average Bonchev–Trinajstić information content (AvgIpc) is 3.30. The van der Waals surface area contributed by atoms with E-state index in [1.54, 1.807) is 30.0 Å². The third kappa shape index (κ3) is 5.01. The summed E-state index contributed by atoms with van der Waals surface area (Å²) in [4.78, 5) is 21.7. The molecule has 0 saturated heterocycles. The number of ether oxygens (including phenoxy) is 1. The largest absolute Gasteiger partial charge is 0.497 e. The number of hydrogen-bond donors (Lipinski definition) is 1. The molecule has 0 saturated carbocycles. The SMILES string of the molecule is COc1ccc(C2CC(c3ccccc3)=Nc3nc(NC(=O)/C=C/c4ccc(F)cc4)nn32)cc1. The van der Waals surface area contributed by atoms with Gasteiger partial charge in [0.15, 0.2) is 0 Å². The number of aliphatic imine (C=N–C) groups is 1. The molecular weight excluding hydrogens is 445 g/mol. The summed E-state index contributed by atoms with van der Waals surface area (Å²) in [7, 11) is 1.63. The first-order valence-corrected chi connectivity index (χ1v) is 11.1. The smallest absolute Gasteiger partial charge is 0.250 e. The molecule has 1 atom stereocenters. The first-order valence-electron chi connectivity index (χ1n) is 11.1. The Balaban J connectivity index is 1.43. The Labute approximate surface area is 201 Å². The van der Waals surface area contributed by atoms with Gasteiger partial charge in [0.1, 0.15) is 11.6 Å². The molecule has 0 radical (unpaired) electrons. The van der Waals surface area contributed by atoms with Crippen molar-refractivity contribution in [2.24, 2.45) is 4.99 Å². The van der Waals surface area contributed by atoms with Gasteiger partial charge >= 0.3 is 0 Å². The summed E-state index contributed by atoms with van der Waals surface area (Å²) in [5.41, 5.74) is 3.62. The number of anilines is 1. The molecule has 5 rings (SSSR count). The second-order valence-electron chi connectivity index (χ2n) is 7.97.